The molecule has 6 heteroatoms. The minimum atomic E-state index is -0.236. The Morgan fingerprint density at radius 2 is 2.00 bits per heavy atom. The Hall–Kier alpha value is -2.08. The van der Waals surface area contributed by atoms with E-state index in [1.54, 1.807) is 32.3 Å². The highest BCUT2D eigenvalue weighted by Crippen LogP contribution is 2.14. The van der Waals surface area contributed by atoms with E-state index in [2.05, 4.69) is 5.32 Å². The van der Waals surface area contributed by atoms with E-state index in [9.17, 15) is 9.59 Å². The van der Waals surface area contributed by atoms with Gasteiger partial charge in [-0.25, -0.2) is 0 Å². The van der Waals surface area contributed by atoms with Crippen LogP contribution in [0.5, 0.6) is 0 Å². The predicted octanol–water partition coefficient (Wildman–Crippen LogP) is 0.489. The number of anilines is 1. The lowest BCUT2D eigenvalue weighted by Gasteiger charge is -2.14. The van der Waals surface area contributed by atoms with Crippen LogP contribution in [0.3, 0.4) is 0 Å². The van der Waals surface area contributed by atoms with Crippen molar-refractivity contribution in [2.45, 2.75) is 12.5 Å². The van der Waals surface area contributed by atoms with Crippen molar-refractivity contribution in [1.29, 1.82) is 0 Å². The Balaban J connectivity index is 2.18. The fourth-order valence-electron chi connectivity index (χ4n) is 2.08. The Bertz CT molecular complexity index is 522. The average molecular weight is 277 g/mol. The molecule has 0 aromatic heterocycles. The van der Waals surface area contributed by atoms with Crippen molar-refractivity contribution < 1.29 is 14.3 Å². The van der Waals surface area contributed by atoms with E-state index in [-0.39, 0.29) is 17.9 Å². The van der Waals surface area contributed by atoms with Gasteiger partial charge in [-0.05, 0) is 24.6 Å². The summed E-state index contributed by atoms with van der Waals surface area (Å²) in [5.74, 6) is -0.420. The van der Waals surface area contributed by atoms with Crippen molar-refractivity contribution in [1.82, 2.24) is 10.2 Å². The maximum Gasteiger partial charge on any atom is 0.253 e. The monoisotopic (exact) mass is 277 g/mol. The van der Waals surface area contributed by atoms with Gasteiger partial charge in [0.1, 0.15) is 0 Å². The Morgan fingerprint density at radius 3 is 2.60 bits per heavy atom. The van der Waals surface area contributed by atoms with Crippen LogP contribution in [0, 0.1) is 0 Å². The van der Waals surface area contributed by atoms with Gasteiger partial charge in [0.2, 0.25) is 0 Å². The van der Waals surface area contributed by atoms with Crippen molar-refractivity contribution in [3.05, 3.63) is 29.3 Å². The Labute approximate surface area is 117 Å². The molecule has 0 saturated carbocycles. The van der Waals surface area contributed by atoms with Crippen molar-refractivity contribution in [2.24, 2.45) is 0 Å². The fraction of sp³-hybridized carbons (Fsp3) is 0.429. The Kier molecular flexibility index (Phi) is 4.24. The molecule has 0 bridgehead atoms. The quantitative estimate of drug-likeness (QED) is 0.787. The van der Waals surface area contributed by atoms with E-state index in [1.165, 1.54) is 4.90 Å². The van der Waals surface area contributed by atoms with Crippen LogP contribution in [0.2, 0.25) is 0 Å². The summed E-state index contributed by atoms with van der Waals surface area (Å²) in [7, 11) is 3.31. The highest BCUT2D eigenvalue weighted by Gasteiger charge is 2.20. The van der Waals surface area contributed by atoms with E-state index in [0.29, 0.717) is 30.0 Å². The van der Waals surface area contributed by atoms with Crippen molar-refractivity contribution >= 4 is 17.5 Å². The summed E-state index contributed by atoms with van der Waals surface area (Å²) < 4.78 is 5.21. The van der Waals surface area contributed by atoms with E-state index in [1.807, 2.05) is 0 Å². The summed E-state index contributed by atoms with van der Waals surface area (Å²) in [5.41, 5.74) is 6.96. The highest BCUT2D eigenvalue weighted by molar-refractivity contribution is 6.00. The third-order valence-electron chi connectivity index (χ3n) is 3.14. The van der Waals surface area contributed by atoms with Crippen LogP contribution in [-0.4, -0.2) is 50.1 Å². The summed E-state index contributed by atoms with van der Waals surface area (Å²) in [4.78, 5) is 25.5. The summed E-state index contributed by atoms with van der Waals surface area (Å²) >= 11 is 0. The van der Waals surface area contributed by atoms with Gasteiger partial charge in [0, 0.05) is 37.5 Å². The van der Waals surface area contributed by atoms with Gasteiger partial charge >= 0.3 is 0 Å². The molecular weight excluding hydrogens is 258 g/mol. The first-order valence-corrected chi connectivity index (χ1v) is 6.48. The number of rotatable bonds is 3. The zero-order chi connectivity index (χ0) is 14.7. The zero-order valence-electron chi connectivity index (χ0n) is 11.7. The number of ether oxygens (including phenoxy) is 1. The molecule has 1 aromatic carbocycles. The Morgan fingerprint density at radius 1 is 1.30 bits per heavy atom. The molecule has 6 nitrogen and oxygen atoms in total. The summed E-state index contributed by atoms with van der Waals surface area (Å²) in [5, 5.41) is 2.87. The third-order valence-corrected chi connectivity index (χ3v) is 3.14. The topological polar surface area (TPSA) is 84.7 Å². The first-order valence-electron chi connectivity index (χ1n) is 6.48. The lowest BCUT2D eigenvalue weighted by molar-refractivity contribution is 0.0827. The fourth-order valence-corrected chi connectivity index (χ4v) is 2.08. The predicted molar refractivity (Wildman–Crippen MR) is 75.6 cm³/mol. The minimum absolute atomic E-state index is 0.0249. The van der Waals surface area contributed by atoms with E-state index >= 15 is 0 Å². The smallest absolute Gasteiger partial charge is 0.253 e. The van der Waals surface area contributed by atoms with Gasteiger partial charge in [-0.3, -0.25) is 9.59 Å². The molecule has 1 unspecified atom stereocenters. The molecule has 1 aromatic rings. The van der Waals surface area contributed by atoms with Crippen LogP contribution >= 0.6 is 0 Å². The molecule has 0 radical (unpaired) electrons. The first-order chi connectivity index (χ1) is 9.47. The number of amides is 2. The standard InChI is InChI=1S/C14H19N3O3/c1-17(2)14(19)10-5-9(6-11(15)7-10)13(18)16-12-3-4-20-8-12/h5-7,12H,3-4,8,15H2,1-2H3,(H,16,18). The maximum atomic E-state index is 12.2. The van der Waals surface area contributed by atoms with E-state index in [0.717, 1.165) is 6.42 Å². The lowest BCUT2D eigenvalue weighted by atomic mass is 10.1. The number of carbonyl (C=O) groups excluding carboxylic acids is 2. The van der Waals surface area contributed by atoms with Crippen LogP contribution < -0.4 is 11.1 Å². The number of nitrogen functional groups attached to an aromatic ring is 1. The molecule has 1 saturated heterocycles. The molecule has 1 heterocycles. The van der Waals surface area contributed by atoms with Crippen LogP contribution in [-0.2, 0) is 4.74 Å². The SMILES string of the molecule is CN(C)C(=O)c1cc(N)cc(C(=O)NC2CCOC2)c1. The molecule has 108 valence electrons. The van der Waals surface area contributed by atoms with Crippen molar-refractivity contribution in [2.75, 3.05) is 33.0 Å². The molecule has 2 amide bonds. The molecule has 1 aliphatic heterocycles. The molecule has 0 spiro atoms. The van der Waals surface area contributed by atoms with E-state index < -0.39 is 0 Å². The number of carbonyl (C=O) groups is 2. The number of hydrogen-bond acceptors (Lipinski definition) is 4. The second kappa shape index (κ2) is 5.92. The number of hydrogen-bond donors (Lipinski definition) is 2. The summed E-state index contributed by atoms with van der Waals surface area (Å²) in [6, 6.07) is 4.72. The number of nitrogens with two attached hydrogens (primary N) is 1. The van der Waals surface area contributed by atoms with Gasteiger partial charge in [0.05, 0.1) is 12.6 Å². The molecule has 1 fully saturated rings. The summed E-state index contributed by atoms with van der Waals surface area (Å²) in [6.07, 6.45) is 0.803. The van der Waals surface area contributed by atoms with Crippen LogP contribution in [0.15, 0.2) is 18.2 Å². The summed E-state index contributed by atoms with van der Waals surface area (Å²) in [6.45, 7) is 1.18. The van der Waals surface area contributed by atoms with Crippen LogP contribution in [0.4, 0.5) is 5.69 Å². The largest absolute Gasteiger partial charge is 0.399 e. The van der Waals surface area contributed by atoms with Gasteiger partial charge in [-0.1, -0.05) is 0 Å². The molecule has 3 N–H and O–H groups in total. The normalized spacial score (nSPS) is 17.8. The maximum absolute atomic E-state index is 12.2. The zero-order valence-corrected chi connectivity index (χ0v) is 11.7. The van der Waals surface area contributed by atoms with E-state index in [4.69, 9.17) is 10.5 Å². The average Bonchev–Trinajstić information content (AvgIpc) is 2.89. The number of benzene rings is 1. The first kappa shape index (κ1) is 14.3. The number of nitrogens with one attached hydrogen (secondary N) is 1. The molecule has 2 rings (SSSR count). The minimum Gasteiger partial charge on any atom is -0.399 e. The second-order valence-corrected chi connectivity index (χ2v) is 5.08. The van der Waals surface area contributed by atoms with Crippen LogP contribution in [0.1, 0.15) is 27.1 Å². The third kappa shape index (κ3) is 3.27. The highest BCUT2D eigenvalue weighted by atomic mass is 16.5. The van der Waals surface area contributed by atoms with Gasteiger partial charge in [-0.2, -0.15) is 0 Å². The molecular formula is C14H19N3O3. The second-order valence-electron chi connectivity index (χ2n) is 5.08. The van der Waals surface area contributed by atoms with Gasteiger partial charge in [-0.15, -0.1) is 0 Å². The van der Waals surface area contributed by atoms with Gasteiger partial charge < -0.3 is 20.7 Å². The van der Waals surface area contributed by atoms with Crippen molar-refractivity contribution in [3.8, 4) is 0 Å². The van der Waals surface area contributed by atoms with Crippen molar-refractivity contribution in [3.63, 3.8) is 0 Å². The number of nitrogens with zero attached hydrogens (tertiary/aromatic N) is 1. The molecule has 20 heavy (non-hydrogen) atoms. The lowest BCUT2D eigenvalue weighted by Crippen LogP contribution is -2.35. The van der Waals surface area contributed by atoms with Gasteiger partial charge in [0.15, 0.2) is 0 Å². The van der Waals surface area contributed by atoms with Crippen LogP contribution in [0.25, 0.3) is 0 Å². The van der Waals surface area contributed by atoms with Gasteiger partial charge in [0.25, 0.3) is 11.8 Å². The molecule has 0 aliphatic carbocycles. The molecule has 1 atom stereocenters. The molecule has 1 aliphatic rings.